The number of hydrogen-bond acceptors (Lipinski definition) is 6. The first kappa shape index (κ1) is 15.6. The quantitative estimate of drug-likeness (QED) is 0.554. The van der Waals surface area contributed by atoms with Gasteiger partial charge in [0, 0.05) is 23.4 Å². The average molecular weight is 341 g/mol. The van der Waals surface area contributed by atoms with E-state index in [1.807, 2.05) is 18.2 Å². The highest BCUT2D eigenvalue weighted by Gasteiger charge is 2.11. The van der Waals surface area contributed by atoms with Crippen molar-refractivity contribution in [1.82, 2.24) is 10.2 Å². The fraction of sp³-hybridized carbons (Fsp3) is 0. The number of non-ortho nitro benzene ring substituents is 1. The Balaban J connectivity index is 1.67. The largest absolute Gasteiger partial charge is 0.325 e. The molecule has 1 aromatic heterocycles. The maximum Gasteiger partial charge on any atom is 0.325 e. The van der Waals surface area contributed by atoms with Crippen molar-refractivity contribution < 1.29 is 9.72 Å². The second-order valence-electron chi connectivity index (χ2n) is 4.66. The molecule has 3 rings (SSSR count). The number of nitrogens with zero attached hydrogens (tertiary/aromatic N) is 3. The number of para-hydroxylation sites is 1. The standard InChI is InChI=1S/C15H11N5O3S/c21-14(16-11-4-2-1-3-5-11)17-15-19-18-13(24-15)10-6-8-12(9-7-10)20(22)23/h1-9H,(H2,16,17,19,21). The summed E-state index contributed by atoms with van der Waals surface area (Å²) in [6.07, 6.45) is 0. The Morgan fingerprint density at radius 3 is 2.38 bits per heavy atom. The molecule has 0 spiro atoms. The first-order valence-electron chi connectivity index (χ1n) is 6.83. The molecule has 0 unspecified atom stereocenters. The van der Waals surface area contributed by atoms with E-state index in [1.165, 1.54) is 23.5 Å². The molecule has 0 aliphatic rings. The Hall–Kier alpha value is -3.33. The van der Waals surface area contributed by atoms with Crippen LogP contribution in [0.1, 0.15) is 0 Å². The number of hydrogen-bond donors (Lipinski definition) is 2. The minimum absolute atomic E-state index is 0.00357. The van der Waals surface area contributed by atoms with Gasteiger partial charge in [-0.05, 0) is 24.3 Å². The summed E-state index contributed by atoms with van der Waals surface area (Å²) in [7, 11) is 0. The van der Waals surface area contributed by atoms with Gasteiger partial charge < -0.3 is 5.32 Å². The van der Waals surface area contributed by atoms with E-state index in [1.54, 1.807) is 24.3 Å². The van der Waals surface area contributed by atoms with E-state index in [-0.39, 0.29) is 5.69 Å². The van der Waals surface area contributed by atoms with Gasteiger partial charge >= 0.3 is 6.03 Å². The molecule has 2 aromatic carbocycles. The number of nitro groups is 1. The number of carbonyl (C=O) groups is 1. The van der Waals surface area contributed by atoms with E-state index in [0.29, 0.717) is 21.4 Å². The normalized spacial score (nSPS) is 10.2. The van der Waals surface area contributed by atoms with Crippen molar-refractivity contribution in [2.45, 2.75) is 0 Å². The van der Waals surface area contributed by atoms with E-state index in [9.17, 15) is 14.9 Å². The molecule has 0 atom stereocenters. The van der Waals surface area contributed by atoms with Crippen LogP contribution in [0.3, 0.4) is 0 Å². The van der Waals surface area contributed by atoms with Gasteiger partial charge in [0.05, 0.1) is 4.92 Å². The topological polar surface area (TPSA) is 110 Å². The monoisotopic (exact) mass is 341 g/mol. The molecule has 0 aliphatic heterocycles. The van der Waals surface area contributed by atoms with Crippen LogP contribution in [0.4, 0.5) is 21.3 Å². The highest BCUT2D eigenvalue weighted by Crippen LogP contribution is 2.27. The smallest absolute Gasteiger partial charge is 0.308 e. The molecule has 0 bridgehead atoms. The molecule has 0 saturated heterocycles. The first-order valence-corrected chi connectivity index (χ1v) is 7.65. The van der Waals surface area contributed by atoms with E-state index in [2.05, 4.69) is 20.8 Å². The van der Waals surface area contributed by atoms with Crippen LogP contribution in [0.25, 0.3) is 10.6 Å². The summed E-state index contributed by atoms with van der Waals surface area (Å²) in [5, 5.41) is 24.7. The van der Waals surface area contributed by atoms with Crippen molar-refractivity contribution in [3.05, 3.63) is 64.7 Å². The van der Waals surface area contributed by atoms with Gasteiger partial charge in [-0.25, -0.2) is 4.79 Å². The Morgan fingerprint density at radius 2 is 1.71 bits per heavy atom. The zero-order valence-corrected chi connectivity index (χ0v) is 13.0. The number of carbonyl (C=O) groups excluding carboxylic acids is 1. The molecule has 0 radical (unpaired) electrons. The highest BCUT2D eigenvalue weighted by atomic mass is 32.1. The van der Waals surface area contributed by atoms with Crippen LogP contribution in [-0.2, 0) is 0 Å². The number of rotatable bonds is 4. The third-order valence-electron chi connectivity index (χ3n) is 3.00. The minimum atomic E-state index is -0.467. The SMILES string of the molecule is O=C(Nc1ccccc1)Nc1nnc(-c2ccc([N+](=O)[O-])cc2)s1. The average Bonchev–Trinajstić information content (AvgIpc) is 3.04. The molecule has 9 heteroatoms. The summed E-state index contributed by atoms with van der Waals surface area (Å²) in [6, 6.07) is 14.6. The summed E-state index contributed by atoms with van der Waals surface area (Å²) in [6.45, 7) is 0. The number of benzene rings is 2. The Morgan fingerprint density at radius 1 is 1.00 bits per heavy atom. The van der Waals surface area contributed by atoms with Crippen molar-refractivity contribution in [2.75, 3.05) is 10.6 Å². The Kier molecular flexibility index (Phi) is 4.43. The summed E-state index contributed by atoms with van der Waals surface area (Å²) in [4.78, 5) is 22.1. The molecular weight excluding hydrogens is 330 g/mol. The fourth-order valence-electron chi connectivity index (χ4n) is 1.90. The van der Waals surface area contributed by atoms with Gasteiger partial charge in [-0.3, -0.25) is 15.4 Å². The van der Waals surface area contributed by atoms with Crippen LogP contribution in [-0.4, -0.2) is 21.2 Å². The van der Waals surface area contributed by atoms with E-state index in [4.69, 9.17) is 0 Å². The van der Waals surface area contributed by atoms with Crippen molar-refractivity contribution in [3.63, 3.8) is 0 Å². The lowest BCUT2D eigenvalue weighted by molar-refractivity contribution is -0.384. The molecule has 24 heavy (non-hydrogen) atoms. The number of aromatic nitrogens is 2. The number of nitro benzene ring substituents is 1. The van der Waals surface area contributed by atoms with Crippen LogP contribution < -0.4 is 10.6 Å². The predicted octanol–water partition coefficient (Wildman–Crippen LogP) is 3.76. The van der Waals surface area contributed by atoms with Gasteiger partial charge in [-0.2, -0.15) is 0 Å². The molecule has 2 amide bonds. The number of amides is 2. The van der Waals surface area contributed by atoms with E-state index < -0.39 is 11.0 Å². The van der Waals surface area contributed by atoms with Gasteiger partial charge in [0.2, 0.25) is 5.13 Å². The lowest BCUT2D eigenvalue weighted by atomic mass is 10.2. The summed E-state index contributed by atoms with van der Waals surface area (Å²) < 4.78 is 0. The molecule has 0 saturated carbocycles. The van der Waals surface area contributed by atoms with Gasteiger partial charge in [0.1, 0.15) is 5.01 Å². The van der Waals surface area contributed by atoms with Crippen molar-refractivity contribution >= 4 is 33.9 Å². The van der Waals surface area contributed by atoms with Crippen molar-refractivity contribution in [2.24, 2.45) is 0 Å². The van der Waals surface area contributed by atoms with Crippen LogP contribution in [0, 0.1) is 10.1 Å². The number of anilines is 2. The maximum absolute atomic E-state index is 11.9. The Bertz CT molecular complexity index is 864. The van der Waals surface area contributed by atoms with Crippen LogP contribution in [0.5, 0.6) is 0 Å². The zero-order chi connectivity index (χ0) is 16.9. The van der Waals surface area contributed by atoms with Gasteiger partial charge in [-0.1, -0.05) is 29.5 Å². The van der Waals surface area contributed by atoms with Crippen molar-refractivity contribution in [3.8, 4) is 10.6 Å². The summed E-state index contributed by atoms with van der Waals surface area (Å²) in [5.41, 5.74) is 1.36. The molecule has 8 nitrogen and oxygen atoms in total. The molecule has 3 aromatic rings. The molecular formula is C15H11N5O3S. The van der Waals surface area contributed by atoms with Gasteiger partial charge in [-0.15, -0.1) is 10.2 Å². The summed E-state index contributed by atoms with van der Waals surface area (Å²) >= 11 is 1.18. The second kappa shape index (κ2) is 6.84. The third-order valence-corrected chi connectivity index (χ3v) is 3.89. The van der Waals surface area contributed by atoms with Gasteiger partial charge in [0.25, 0.3) is 5.69 Å². The van der Waals surface area contributed by atoms with E-state index in [0.717, 1.165) is 0 Å². The van der Waals surface area contributed by atoms with Crippen molar-refractivity contribution in [1.29, 1.82) is 0 Å². The molecule has 0 aliphatic carbocycles. The molecule has 120 valence electrons. The maximum atomic E-state index is 11.9. The lowest BCUT2D eigenvalue weighted by Crippen LogP contribution is -2.19. The number of nitrogens with one attached hydrogen (secondary N) is 2. The molecule has 1 heterocycles. The predicted molar refractivity (Wildman–Crippen MR) is 91.1 cm³/mol. The minimum Gasteiger partial charge on any atom is -0.308 e. The fourth-order valence-corrected chi connectivity index (χ4v) is 2.64. The van der Waals surface area contributed by atoms with Crippen LogP contribution >= 0.6 is 11.3 Å². The van der Waals surface area contributed by atoms with Crippen LogP contribution in [0.2, 0.25) is 0 Å². The second-order valence-corrected chi connectivity index (χ2v) is 5.64. The highest BCUT2D eigenvalue weighted by molar-refractivity contribution is 7.18. The zero-order valence-electron chi connectivity index (χ0n) is 12.2. The lowest BCUT2D eigenvalue weighted by Gasteiger charge is -2.03. The van der Waals surface area contributed by atoms with E-state index >= 15 is 0 Å². The van der Waals surface area contributed by atoms with Crippen LogP contribution in [0.15, 0.2) is 54.6 Å². The Labute approximate surface area is 140 Å². The van der Waals surface area contributed by atoms with Gasteiger partial charge in [0.15, 0.2) is 0 Å². The third kappa shape index (κ3) is 3.70. The molecule has 2 N–H and O–H groups in total. The first-order chi connectivity index (χ1) is 11.6. The summed E-state index contributed by atoms with van der Waals surface area (Å²) in [5.74, 6) is 0. The number of urea groups is 1. The molecule has 0 fully saturated rings.